The number of fused-ring (bicyclic) bond motifs is 3. The number of amides is 1. The van der Waals surface area contributed by atoms with Crippen molar-refractivity contribution in [1.29, 1.82) is 0 Å². The summed E-state index contributed by atoms with van der Waals surface area (Å²) in [6, 6.07) is -1.07. The van der Waals surface area contributed by atoms with Crippen molar-refractivity contribution in [2.45, 2.75) is 193 Å². The van der Waals surface area contributed by atoms with Crippen LogP contribution in [0.5, 0.6) is 0 Å². The Kier molecular flexibility index (Phi) is 22.6. The molecule has 0 spiro atoms. The van der Waals surface area contributed by atoms with E-state index in [4.69, 9.17) is 28.4 Å². The van der Waals surface area contributed by atoms with Crippen LogP contribution >= 0.6 is 0 Å². The lowest BCUT2D eigenvalue weighted by Crippen LogP contribution is -2.61. The van der Waals surface area contributed by atoms with Gasteiger partial charge in [-0.05, 0) is 114 Å². The number of esters is 1. The number of rotatable bonds is 8. The van der Waals surface area contributed by atoms with Crippen molar-refractivity contribution < 1.29 is 62.9 Å². The molecule has 16 atom stereocenters. The van der Waals surface area contributed by atoms with Crippen molar-refractivity contribution in [2.75, 3.05) is 34.5 Å². The van der Waals surface area contributed by atoms with E-state index >= 15 is 0 Å². The number of hydrogen-bond acceptors (Lipinski definition) is 13. The zero-order chi connectivity index (χ0) is 49.6. The molecule has 1 aliphatic carbocycles. The number of carbonyl (C=O) groups excluding carboxylic acids is 4. The number of hydrogen-bond donors (Lipinski definition) is 3. The van der Waals surface area contributed by atoms with Crippen LogP contribution in [0.25, 0.3) is 0 Å². The van der Waals surface area contributed by atoms with Gasteiger partial charge >= 0.3 is 5.97 Å². The van der Waals surface area contributed by atoms with Crippen molar-refractivity contribution in [3.8, 4) is 0 Å². The van der Waals surface area contributed by atoms with E-state index in [1.54, 1.807) is 28.1 Å². The van der Waals surface area contributed by atoms with E-state index in [1.807, 2.05) is 78.0 Å². The van der Waals surface area contributed by atoms with Gasteiger partial charge in [0.05, 0.1) is 30.5 Å². The molecule has 380 valence electrons. The number of carbonyl (C=O) groups is 4. The third-order valence-corrected chi connectivity index (χ3v) is 15.0. The highest BCUT2D eigenvalue weighted by atomic mass is 16.6. The molecule has 2 bridgehead atoms. The van der Waals surface area contributed by atoms with E-state index < -0.39 is 84.1 Å². The fourth-order valence-corrected chi connectivity index (χ4v) is 10.7. The average Bonchev–Trinajstić information content (AvgIpc) is 3.30. The molecule has 3 N–H and O–H groups in total. The molecule has 4 rings (SSSR count). The molecule has 0 aromatic rings. The summed E-state index contributed by atoms with van der Waals surface area (Å²) in [5.41, 5.74) is 1.44. The lowest BCUT2D eigenvalue weighted by atomic mass is 9.78. The molecule has 0 aromatic heterocycles. The Hall–Kier alpha value is -3.08. The van der Waals surface area contributed by atoms with Gasteiger partial charge in [-0.15, -0.1) is 0 Å². The zero-order valence-electron chi connectivity index (χ0n) is 42.4. The number of methoxy groups -OCH3 is 3. The fraction of sp³-hybridized carbons (Fsp3) is 0.774. The van der Waals surface area contributed by atoms with Gasteiger partial charge in [0, 0.05) is 65.1 Å². The monoisotopic (exact) mass is 944 g/mol. The van der Waals surface area contributed by atoms with E-state index in [0.29, 0.717) is 70.0 Å². The van der Waals surface area contributed by atoms with Crippen LogP contribution in [0, 0.1) is 35.5 Å². The van der Waals surface area contributed by atoms with Gasteiger partial charge in [-0.3, -0.25) is 14.4 Å². The number of aliphatic hydroxyl groups is 3. The Bertz CT molecular complexity index is 1740. The van der Waals surface area contributed by atoms with Crippen molar-refractivity contribution in [2.24, 2.45) is 35.5 Å². The number of cyclic esters (lactones) is 1. The molecule has 1 amide bonds. The predicted octanol–water partition coefficient (Wildman–Crippen LogP) is 7.02. The third-order valence-electron chi connectivity index (χ3n) is 15.0. The Labute approximate surface area is 400 Å². The van der Waals surface area contributed by atoms with Crippen LogP contribution in [0.2, 0.25) is 0 Å². The fourth-order valence-electron chi connectivity index (χ4n) is 10.7. The normalized spacial score (nSPS) is 40.7. The third kappa shape index (κ3) is 15.2. The molecule has 0 unspecified atom stereocenters. The van der Waals surface area contributed by atoms with Crippen LogP contribution < -0.4 is 0 Å². The standard InChI is InChI=1S/C53H85NO13/c1-12-65-44-31-45(35(5)28-39-22-24-42(55)46(29-39)63-10)66-52(60)41-20-16-17-25-54(41)51(59)50(58)53(61)38(8)21-23-40(67-53)30-43(62-9)33(3)19-15-13-14-18-32(2)26-36(6)47(56)49(64-11)48(57)37(7)27-34(44)4/h13-15,18-19,27,32,34-36,38-46,48-49,55,57,61H,12,16-17,20-26,28-31H2,1-11H3/b15-13+,18-14+,33-19+,37-27+/t32-,34-,35-,36-,38-,39+,40+,41+,42-,43+,44-,45+,46-,48-,49+,53-/m1/s1. The van der Waals surface area contributed by atoms with Gasteiger partial charge in [-0.2, -0.15) is 0 Å². The Balaban J connectivity index is 1.74. The number of nitrogens with zero attached hydrogens (tertiary/aromatic N) is 1. The summed E-state index contributed by atoms with van der Waals surface area (Å²) in [4.78, 5) is 58.3. The second kappa shape index (κ2) is 26.8. The molecule has 14 heteroatoms. The first-order valence-electron chi connectivity index (χ1n) is 25.1. The SMILES string of the molecule is CCO[C@@H]1C[C@@H]([C@H](C)C[C@@H]2CC[C@@H](O)[C@H](OC)C2)OC(=O)[C@@H]2CCCCN2C(=O)C(=O)[C@]2(O)O[C@@H](CC[C@H]2C)C[C@H](OC)/C(C)=C/C=C/C=C/[C@@H](C)C[C@@H](C)C(=O)[C@H](OC)[C@H](O)/C(C)=C/[C@H]1C. The zero-order valence-corrected chi connectivity index (χ0v) is 42.4. The van der Waals surface area contributed by atoms with Gasteiger partial charge in [0.2, 0.25) is 5.79 Å². The van der Waals surface area contributed by atoms with Gasteiger partial charge in [-0.25, -0.2) is 4.79 Å². The average molecular weight is 944 g/mol. The second-order valence-corrected chi connectivity index (χ2v) is 20.2. The highest BCUT2D eigenvalue weighted by Crippen LogP contribution is 2.38. The molecule has 14 nitrogen and oxygen atoms in total. The molecule has 0 radical (unpaired) electrons. The first-order valence-corrected chi connectivity index (χ1v) is 25.1. The van der Waals surface area contributed by atoms with E-state index in [1.165, 1.54) is 12.0 Å². The van der Waals surface area contributed by atoms with Crippen molar-refractivity contribution in [3.05, 3.63) is 47.6 Å². The summed E-state index contributed by atoms with van der Waals surface area (Å²) in [6.45, 7) is 15.7. The summed E-state index contributed by atoms with van der Waals surface area (Å²) >= 11 is 0. The van der Waals surface area contributed by atoms with Crippen LogP contribution in [0.1, 0.15) is 132 Å². The van der Waals surface area contributed by atoms with Crippen LogP contribution in [0.3, 0.4) is 0 Å². The van der Waals surface area contributed by atoms with Crippen LogP contribution in [0.15, 0.2) is 47.6 Å². The van der Waals surface area contributed by atoms with Crippen LogP contribution in [0.4, 0.5) is 0 Å². The molecule has 1 saturated carbocycles. The minimum absolute atomic E-state index is 0.0465. The Morgan fingerprint density at radius 2 is 1.57 bits per heavy atom. The summed E-state index contributed by atoms with van der Waals surface area (Å²) in [7, 11) is 4.62. The van der Waals surface area contributed by atoms with Crippen molar-refractivity contribution in [3.63, 3.8) is 0 Å². The molecular formula is C53H85NO13. The maximum absolute atomic E-state index is 14.6. The van der Waals surface area contributed by atoms with E-state index in [2.05, 4.69) is 0 Å². The Morgan fingerprint density at radius 3 is 2.24 bits per heavy atom. The molecule has 2 saturated heterocycles. The number of allylic oxidation sites excluding steroid dienone is 5. The smallest absolute Gasteiger partial charge is 0.329 e. The molecule has 3 heterocycles. The number of ether oxygens (including phenoxy) is 6. The summed E-state index contributed by atoms with van der Waals surface area (Å²) < 4.78 is 36.2. The Morgan fingerprint density at radius 1 is 0.836 bits per heavy atom. The summed E-state index contributed by atoms with van der Waals surface area (Å²) in [6.07, 6.45) is 12.5. The van der Waals surface area contributed by atoms with E-state index in [0.717, 1.165) is 12.0 Å². The highest BCUT2D eigenvalue weighted by molar-refractivity contribution is 6.39. The highest BCUT2D eigenvalue weighted by Gasteiger charge is 2.53. The van der Waals surface area contributed by atoms with Gasteiger partial charge in [0.1, 0.15) is 24.4 Å². The summed E-state index contributed by atoms with van der Waals surface area (Å²) in [5, 5.41) is 34.2. The topological polar surface area (TPSA) is 188 Å². The second-order valence-electron chi connectivity index (χ2n) is 20.2. The minimum Gasteiger partial charge on any atom is -0.460 e. The van der Waals surface area contributed by atoms with Gasteiger partial charge in [-0.1, -0.05) is 71.1 Å². The number of piperidine rings is 1. The maximum atomic E-state index is 14.6. The molecule has 3 aliphatic heterocycles. The first-order chi connectivity index (χ1) is 31.8. The molecule has 4 aliphatic rings. The first kappa shape index (κ1) is 56.5. The number of aliphatic hydroxyl groups excluding tert-OH is 2. The van der Waals surface area contributed by atoms with E-state index in [9.17, 15) is 34.5 Å². The largest absolute Gasteiger partial charge is 0.460 e. The van der Waals surface area contributed by atoms with Crippen LogP contribution in [-0.2, 0) is 47.6 Å². The predicted molar refractivity (Wildman–Crippen MR) is 256 cm³/mol. The number of Topliss-reactive ketones (excluding diaryl/α,β-unsaturated/α-hetero) is 2. The van der Waals surface area contributed by atoms with Gasteiger partial charge in [0.25, 0.3) is 11.7 Å². The molecule has 0 aromatic carbocycles. The summed E-state index contributed by atoms with van der Waals surface area (Å²) in [5.74, 6) is -6.67. The van der Waals surface area contributed by atoms with Crippen molar-refractivity contribution >= 4 is 23.4 Å². The van der Waals surface area contributed by atoms with E-state index in [-0.39, 0.29) is 54.9 Å². The quantitative estimate of drug-likeness (QED) is 0.128. The lowest BCUT2D eigenvalue weighted by molar-refractivity contribution is -0.265. The van der Waals surface area contributed by atoms with Crippen molar-refractivity contribution in [1.82, 2.24) is 4.90 Å². The molecule has 3 fully saturated rings. The van der Waals surface area contributed by atoms with Crippen LogP contribution in [-0.4, -0.2) is 139 Å². The maximum Gasteiger partial charge on any atom is 0.329 e. The molecular weight excluding hydrogens is 859 g/mol. The van der Waals surface area contributed by atoms with Gasteiger partial charge in [0.15, 0.2) is 5.78 Å². The molecule has 67 heavy (non-hydrogen) atoms. The minimum atomic E-state index is -2.40. The number of ketones is 2. The van der Waals surface area contributed by atoms with Gasteiger partial charge < -0.3 is 48.6 Å². The lowest BCUT2D eigenvalue weighted by Gasteiger charge is -2.43.